The minimum absolute atomic E-state index is 0.123. The molecular formula is C23H34N2O4. The molecule has 0 radical (unpaired) electrons. The second-order valence-corrected chi connectivity index (χ2v) is 9.38. The molecule has 0 N–H and O–H groups in total. The zero-order valence-corrected chi connectivity index (χ0v) is 18.1. The molecule has 1 aromatic carbocycles. The zero-order valence-electron chi connectivity index (χ0n) is 18.1. The first-order chi connectivity index (χ1) is 13.7. The molecule has 0 amide bonds. The van der Waals surface area contributed by atoms with Crippen molar-refractivity contribution in [2.75, 3.05) is 18.1 Å². The van der Waals surface area contributed by atoms with Crippen molar-refractivity contribution in [2.45, 2.75) is 78.2 Å². The fourth-order valence-electron chi connectivity index (χ4n) is 4.91. The van der Waals surface area contributed by atoms with Crippen LogP contribution in [0.25, 0.3) is 0 Å². The number of carbonyl (C=O) groups excluding carboxylic acids is 1. The van der Waals surface area contributed by atoms with Crippen molar-refractivity contribution in [2.24, 2.45) is 11.3 Å². The highest BCUT2D eigenvalue weighted by molar-refractivity contribution is 5.71. The lowest BCUT2D eigenvalue weighted by Crippen LogP contribution is -2.55. The number of hydrogen-bond acceptors (Lipinski definition) is 5. The zero-order chi connectivity index (χ0) is 21.2. The molecule has 29 heavy (non-hydrogen) atoms. The van der Waals surface area contributed by atoms with Crippen molar-refractivity contribution < 1.29 is 14.5 Å². The van der Waals surface area contributed by atoms with E-state index < -0.39 is 0 Å². The summed E-state index contributed by atoms with van der Waals surface area (Å²) in [6.45, 7) is 9.17. The molecule has 3 rings (SSSR count). The lowest BCUT2D eigenvalue weighted by Gasteiger charge is -2.57. The van der Waals surface area contributed by atoms with Gasteiger partial charge in [-0.2, -0.15) is 0 Å². The highest BCUT2D eigenvalue weighted by Crippen LogP contribution is 2.58. The molecule has 160 valence electrons. The second kappa shape index (κ2) is 8.72. The van der Waals surface area contributed by atoms with Gasteiger partial charge in [-0.25, -0.2) is 0 Å². The van der Waals surface area contributed by atoms with E-state index in [2.05, 4.69) is 18.7 Å². The Bertz CT molecular complexity index is 749. The Morgan fingerprint density at radius 2 is 2.00 bits per heavy atom. The molecule has 2 fully saturated rings. The van der Waals surface area contributed by atoms with E-state index in [1.807, 2.05) is 19.1 Å². The van der Waals surface area contributed by atoms with Crippen LogP contribution in [0.4, 0.5) is 11.4 Å². The summed E-state index contributed by atoms with van der Waals surface area (Å²) in [6, 6.07) is 5.88. The van der Waals surface area contributed by atoms with Crippen LogP contribution in [0, 0.1) is 21.4 Å². The van der Waals surface area contributed by atoms with E-state index in [1.54, 1.807) is 13.0 Å². The molecule has 6 heteroatoms. The standard InChI is InChI=1S/C23H34N2O4/c1-5-29-22(26)11-17(4)18-7-8-20(21(12-18)25(27)28)24(15-16(2)3)19-13-23(14-19)9-6-10-23/h7-8,12,16-17,19H,5-6,9-11,13-15H2,1-4H3/t17-/m1/s1. The Morgan fingerprint density at radius 1 is 1.31 bits per heavy atom. The summed E-state index contributed by atoms with van der Waals surface area (Å²) in [5.74, 6) is 0.0330. The molecule has 1 atom stereocenters. The highest BCUT2D eigenvalue weighted by Gasteiger charge is 2.50. The molecule has 1 aromatic rings. The minimum Gasteiger partial charge on any atom is -0.466 e. The van der Waals surface area contributed by atoms with Crippen LogP contribution in [0.15, 0.2) is 18.2 Å². The molecular weight excluding hydrogens is 368 g/mol. The first-order valence-electron chi connectivity index (χ1n) is 11.0. The lowest BCUT2D eigenvalue weighted by atomic mass is 9.53. The number of rotatable bonds is 9. The van der Waals surface area contributed by atoms with Crippen molar-refractivity contribution in [1.82, 2.24) is 0 Å². The Balaban J connectivity index is 1.83. The predicted octanol–water partition coefficient (Wildman–Crippen LogP) is 5.45. The van der Waals surface area contributed by atoms with E-state index in [1.165, 1.54) is 19.3 Å². The molecule has 1 spiro atoms. The van der Waals surface area contributed by atoms with Crippen LogP contribution in [-0.2, 0) is 9.53 Å². The smallest absolute Gasteiger partial charge is 0.306 e. The maximum atomic E-state index is 11.9. The fraction of sp³-hybridized carbons (Fsp3) is 0.696. The van der Waals surface area contributed by atoms with Crippen molar-refractivity contribution in [1.29, 1.82) is 0 Å². The summed E-state index contributed by atoms with van der Waals surface area (Å²) in [6.07, 6.45) is 6.47. The van der Waals surface area contributed by atoms with E-state index in [4.69, 9.17) is 4.74 Å². The van der Waals surface area contributed by atoms with Crippen LogP contribution in [0.3, 0.4) is 0 Å². The monoisotopic (exact) mass is 402 g/mol. The Morgan fingerprint density at radius 3 is 2.52 bits per heavy atom. The SMILES string of the molecule is CCOC(=O)C[C@@H](C)c1ccc(N(CC(C)C)C2CC3(CCC3)C2)c([N+](=O)[O-])c1. The number of nitrogens with zero attached hydrogens (tertiary/aromatic N) is 2. The van der Waals surface area contributed by atoms with Gasteiger partial charge in [0.05, 0.1) is 18.0 Å². The van der Waals surface area contributed by atoms with Gasteiger partial charge in [0.15, 0.2) is 0 Å². The molecule has 0 saturated heterocycles. The third-order valence-corrected chi connectivity index (χ3v) is 6.61. The molecule has 0 bridgehead atoms. The van der Waals surface area contributed by atoms with Gasteiger partial charge < -0.3 is 9.64 Å². The van der Waals surface area contributed by atoms with Crippen molar-refractivity contribution in [3.05, 3.63) is 33.9 Å². The van der Waals surface area contributed by atoms with Gasteiger partial charge in [-0.05, 0) is 61.5 Å². The molecule has 0 aliphatic heterocycles. The molecule has 0 unspecified atom stereocenters. The summed E-state index contributed by atoms with van der Waals surface area (Å²) in [5, 5.41) is 11.9. The van der Waals surface area contributed by atoms with Crippen LogP contribution >= 0.6 is 0 Å². The van der Waals surface area contributed by atoms with Crippen molar-refractivity contribution in [3.8, 4) is 0 Å². The first kappa shape index (κ1) is 21.6. The maximum Gasteiger partial charge on any atom is 0.306 e. The highest BCUT2D eigenvalue weighted by atomic mass is 16.6. The van der Waals surface area contributed by atoms with Gasteiger partial charge in [0.2, 0.25) is 0 Å². The van der Waals surface area contributed by atoms with Crippen molar-refractivity contribution >= 4 is 17.3 Å². The van der Waals surface area contributed by atoms with Gasteiger partial charge >= 0.3 is 5.97 Å². The van der Waals surface area contributed by atoms with Crippen LogP contribution < -0.4 is 4.90 Å². The lowest BCUT2D eigenvalue weighted by molar-refractivity contribution is -0.384. The largest absolute Gasteiger partial charge is 0.466 e. The molecule has 2 aliphatic carbocycles. The average Bonchev–Trinajstić information content (AvgIpc) is 2.57. The molecule has 0 aromatic heterocycles. The number of nitro benzene ring substituents is 1. The number of carbonyl (C=O) groups is 1. The maximum absolute atomic E-state index is 11.9. The first-order valence-corrected chi connectivity index (χ1v) is 11.0. The number of ether oxygens (including phenoxy) is 1. The van der Waals surface area contributed by atoms with Gasteiger partial charge in [0.25, 0.3) is 5.69 Å². The third kappa shape index (κ3) is 4.73. The number of benzene rings is 1. The van der Waals surface area contributed by atoms with Crippen LogP contribution in [0.1, 0.15) is 77.7 Å². The van der Waals surface area contributed by atoms with E-state index in [0.29, 0.717) is 24.0 Å². The molecule has 2 aliphatic rings. The summed E-state index contributed by atoms with van der Waals surface area (Å²) >= 11 is 0. The van der Waals surface area contributed by atoms with Gasteiger partial charge in [0.1, 0.15) is 5.69 Å². The van der Waals surface area contributed by atoms with Gasteiger partial charge in [-0.1, -0.05) is 33.3 Å². The number of esters is 1. The summed E-state index contributed by atoms with van der Waals surface area (Å²) in [4.78, 5) is 25.7. The Labute approximate surface area is 173 Å². The summed E-state index contributed by atoms with van der Waals surface area (Å²) < 4.78 is 5.03. The summed E-state index contributed by atoms with van der Waals surface area (Å²) in [7, 11) is 0. The average molecular weight is 403 g/mol. The van der Waals surface area contributed by atoms with E-state index >= 15 is 0 Å². The Hall–Kier alpha value is -2.11. The van der Waals surface area contributed by atoms with Gasteiger partial charge in [-0.3, -0.25) is 14.9 Å². The number of hydrogen-bond donors (Lipinski definition) is 0. The fourth-order valence-corrected chi connectivity index (χ4v) is 4.91. The van der Waals surface area contributed by atoms with Crippen LogP contribution in [0.2, 0.25) is 0 Å². The Kier molecular flexibility index (Phi) is 6.49. The van der Waals surface area contributed by atoms with E-state index in [9.17, 15) is 14.9 Å². The van der Waals surface area contributed by atoms with E-state index in [-0.39, 0.29) is 28.9 Å². The second-order valence-electron chi connectivity index (χ2n) is 9.38. The number of nitro groups is 1. The quantitative estimate of drug-likeness (QED) is 0.312. The normalized spacial score (nSPS) is 18.8. The van der Waals surface area contributed by atoms with Crippen LogP contribution in [0.5, 0.6) is 0 Å². The van der Waals surface area contributed by atoms with Gasteiger partial charge in [-0.15, -0.1) is 0 Å². The number of anilines is 1. The molecule has 2 saturated carbocycles. The van der Waals surface area contributed by atoms with Crippen LogP contribution in [-0.4, -0.2) is 30.1 Å². The van der Waals surface area contributed by atoms with Gasteiger partial charge in [0, 0.05) is 18.7 Å². The third-order valence-electron chi connectivity index (χ3n) is 6.61. The predicted molar refractivity (Wildman–Crippen MR) is 114 cm³/mol. The topological polar surface area (TPSA) is 72.7 Å². The van der Waals surface area contributed by atoms with E-state index in [0.717, 1.165) is 30.6 Å². The van der Waals surface area contributed by atoms with Crippen molar-refractivity contribution in [3.63, 3.8) is 0 Å². The molecule has 0 heterocycles. The minimum atomic E-state index is -0.277. The molecule has 6 nitrogen and oxygen atoms in total. The summed E-state index contributed by atoms with van der Waals surface area (Å²) in [5.41, 5.74) is 2.19.